The SMILES string of the molecule is CCOc1ccc(NC(=O)[C@H](C)Oc2ccccc2)cc1OC. The van der Waals surface area contributed by atoms with Crippen molar-refractivity contribution in [3.63, 3.8) is 0 Å². The Morgan fingerprint density at radius 3 is 2.52 bits per heavy atom. The van der Waals surface area contributed by atoms with Gasteiger partial charge < -0.3 is 19.5 Å². The molecule has 1 atom stereocenters. The Morgan fingerprint density at radius 2 is 1.87 bits per heavy atom. The minimum Gasteiger partial charge on any atom is -0.493 e. The maximum absolute atomic E-state index is 12.2. The highest BCUT2D eigenvalue weighted by Gasteiger charge is 2.15. The van der Waals surface area contributed by atoms with Crippen LogP contribution in [0.5, 0.6) is 17.2 Å². The fraction of sp³-hybridized carbons (Fsp3) is 0.278. The third kappa shape index (κ3) is 4.64. The molecular weight excluding hydrogens is 294 g/mol. The van der Waals surface area contributed by atoms with Gasteiger partial charge in [-0.2, -0.15) is 0 Å². The molecule has 0 bridgehead atoms. The van der Waals surface area contributed by atoms with Crippen LogP contribution in [0.2, 0.25) is 0 Å². The molecule has 2 rings (SSSR count). The molecule has 1 amide bonds. The molecule has 0 heterocycles. The highest BCUT2D eigenvalue weighted by molar-refractivity contribution is 5.94. The Bertz CT molecular complexity index is 643. The lowest BCUT2D eigenvalue weighted by molar-refractivity contribution is -0.122. The van der Waals surface area contributed by atoms with E-state index in [0.717, 1.165) is 0 Å². The van der Waals surface area contributed by atoms with Crippen molar-refractivity contribution in [3.05, 3.63) is 48.5 Å². The van der Waals surface area contributed by atoms with Crippen molar-refractivity contribution >= 4 is 11.6 Å². The first-order chi connectivity index (χ1) is 11.1. The lowest BCUT2D eigenvalue weighted by Gasteiger charge is -2.16. The van der Waals surface area contributed by atoms with Crippen molar-refractivity contribution < 1.29 is 19.0 Å². The lowest BCUT2D eigenvalue weighted by Crippen LogP contribution is -2.30. The Labute approximate surface area is 136 Å². The van der Waals surface area contributed by atoms with E-state index < -0.39 is 6.10 Å². The molecule has 122 valence electrons. The molecule has 0 saturated carbocycles. The summed E-state index contributed by atoms with van der Waals surface area (Å²) in [6.07, 6.45) is -0.616. The van der Waals surface area contributed by atoms with Gasteiger partial charge in [-0.05, 0) is 38.1 Å². The molecule has 0 radical (unpaired) electrons. The molecule has 2 aromatic rings. The predicted molar refractivity (Wildman–Crippen MR) is 89.3 cm³/mol. The number of nitrogens with one attached hydrogen (secondary N) is 1. The number of benzene rings is 2. The van der Waals surface area contributed by atoms with E-state index in [1.807, 2.05) is 37.3 Å². The molecule has 5 nitrogen and oxygen atoms in total. The van der Waals surface area contributed by atoms with Crippen molar-refractivity contribution in [2.45, 2.75) is 20.0 Å². The minimum absolute atomic E-state index is 0.236. The fourth-order valence-corrected chi connectivity index (χ4v) is 2.02. The van der Waals surface area contributed by atoms with Gasteiger partial charge in [-0.25, -0.2) is 0 Å². The van der Waals surface area contributed by atoms with E-state index >= 15 is 0 Å². The average molecular weight is 315 g/mol. The molecule has 1 N–H and O–H groups in total. The summed E-state index contributed by atoms with van der Waals surface area (Å²) in [5, 5.41) is 2.81. The smallest absolute Gasteiger partial charge is 0.265 e. The average Bonchev–Trinajstić information content (AvgIpc) is 2.57. The number of hydrogen-bond donors (Lipinski definition) is 1. The van der Waals surface area contributed by atoms with E-state index in [2.05, 4.69) is 5.32 Å². The number of ether oxygens (including phenoxy) is 3. The number of carbonyl (C=O) groups excluding carboxylic acids is 1. The summed E-state index contributed by atoms with van der Waals surface area (Å²) in [6.45, 7) is 4.15. The van der Waals surface area contributed by atoms with Crippen LogP contribution in [0.15, 0.2) is 48.5 Å². The first kappa shape index (κ1) is 16.7. The van der Waals surface area contributed by atoms with Gasteiger partial charge in [0.25, 0.3) is 5.91 Å². The third-order valence-electron chi connectivity index (χ3n) is 3.16. The normalized spacial score (nSPS) is 11.4. The van der Waals surface area contributed by atoms with Crippen molar-refractivity contribution in [2.75, 3.05) is 19.0 Å². The Hall–Kier alpha value is -2.69. The topological polar surface area (TPSA) is 56.8 Å². The zero-order chi connectivity index (χ0) is 16.7. The van der Waals surface area contributed by atoms with Gasteiger partial charge in [-0.15, -0.1) is 0 Å². The van der Waals surface area contributed by atoms with Gasteiger partial charge >= 0.3 is 0 Å². The molecule has 2 aromatic carbocycles. The zero-order valence-electron chi connectivity index (χ0n) is 13.5. The molecule has 5 heteroatoms. The molecule has 0 fully saturated rings. The van der Waals surface area contributed by atoms with Crippen LogP contribution >= 0.6 is 0 Å². The Kier molecular flexibility index (Phi) is 5.86. The second kappa shape index (κ2) is 8.08. The van der Waals surface area contributed by atoms with E-state index in [9.17, 15) is 4.79 Å². The molecular formula is C18H21NO4. The zero-order valence-corrected chi connectivity index (χ0v) is 13.5. The van der Waals surface area contributed by atoms with E-state index in [1.165, 1.54) is 0 Å². The van der Waals surface area contributed by atoms with Crippen LogP contribution in [0.1, 0.15) is 13.8 Å². The van der Waals surface area contributed by atoms with Crippen LogP contribution in [0.25, 0.3) is 0 Å². The summed E-state index contributed by atoms with van der Waals surface area (Å²) >= 11 is 0. The quantitative estimate of drug-likeness (QED) is 0.849. The Balaban J connectivity index is 2.01. The first-order valence-electron chi connectivity index (χ1n) is 7.47. The summed E-state index contributed by atoms with van der Waals surface area (Å²) < 4.78 is 16.3. The van der Waals surface area contributed by atoms with Crippen LogP contribution in [0.4, 0.5) is 5.69 Å². The molecule has 0 aliphatic carbocycles. The van der Waals surface area contributed by atoms with Gasteiger partial charge in [-0.1, -0.05) is 18.2 Å². The largest absolute Gasteiger partial charge is 0.493 e. The van der Waals surface area contributed by atoms with Crippen LogP contribution in [-0.4, -0.2) is 25.7 Å². The van der Waals surface area contributed by atoms with Crippen LogP contribution in [0.3, 0.4) is 0 Å². The highest BCUT2D eigenvalue weighted by Crippen LogP contribution is 2.30. The molecule has 0 aliphatic heterocycles. The number of rotatable bonds is 7. The van der Waals surface area contributed by atoms with E-state index in [1.54, 1.807) is 32.2 Å². The number of anilines is 1. The first-order valence-corrected chi connectivity index (χ1v) is 7.47. The number of amides is 1. The summed E-state index contributed by atoms with van der Waals surface area (Å²) in [5.41, 5.74) is 0.624. The van der Waals surface area contributed by atoms with Crippen LogP contribution in [-0.2, 0) is 4.79 Å². The molecule has 0 saturated heterocycles. The van der Waals surface area contributed by atoms with Crippen molar-refractivity contribution in [2.24, 2.45) is 0 Å². The van der Waals surface area contributed by atoms with E-state index in [4.69, 9.17) is 14.2 Å². The monoisotopic (exact) mass is 315 g/mol. The fourth-order valence-electron chi connectivity index (χ4n) is 2.02. The van der Waals surface area contributed by atoms with Crippen molar-refractivity contribution in [3.8, 4) is 17.2 Å². The number of hydrogen-bond acceptors (Lipinski definition) is 4. The van der Waals surface area contributed by atoms with Gasteiger partial charge in [0, 0.05) is 11.8 Å². The van der Waals surface area contributed by atoms with Gasteiger partial charge in [0.05, 0.1) is 13.7 Å². The summed E-state index contributed by atoms with van der Waals surface area (Å²) in [7, 11) is 1.56. The maximum Gasteiger partial charge on any atom is 0.265 e. The van der Waals surface area contributed by atoms with Gasteiger partial charge in [0.1, 0.15) is 5.75 Å². The van der Waals surface area contributed by atoms with Crippen molar-refractivity contribution in [1.29, 1.82) is 0 Å². The minimum atomic E-state index is -0.616. The second-order valence-electron chi connectivity index (χ2n) is 4.86. The van der Waals surface area contributed by atoms with E-state index in [0.29, 0.717) is 29.5 Å². The van der Waals surface area contributed by atoms with Gasteiger partial charge in [-0.3, -0.25) is 4.79 Å². The summed E-state index contributed by atoms with van der Waals surface area (Å²) in [4.78, 5) is 12.2. The van der Waals surface area contributed by atoms with Crippen LogP contribution in [0, 0.1) is 0 Å². The number of carbonyl (C=O) groups is 1. The van der Waals surface area contributed by atoms with Gasteiger partial charge in [0.2, 0.25) is 0 Å². The number of para-hydroxylation sites is 1. The Morgan fingerprint density at radius 1 is 1.13 bits per heavy atom. The maximum atomic E-state index is 12.2. The van der Waals surface area contributed by atoms with Crippen molar-refractivity contribution in [1.82, 2.24) is 0 Å². The predicted octanol–water partition coefficient (Wildman–Crippen LogP) is 3.50. The molecule has 23 heavy (non-hydrogen) atoms. The lowest BCUT2D eigenvalue weighted by atomic mass is 10.2. The highest BCUT2D eigenvalue weighted by atomic mass is 16.5. The van der Waals surface area contributed by atoms with E-state index in [-0.39, 0.29) is 5.91 Å². The van der Waals surface area contributed by atoms with Crippen LogP contribution < -0.4 is 19.5 Å². The standard InChI is InChI=1S/C18H21NO4/c1-4-22-16-11-10-14(12-17(16)21-3)19-18(20)13(2)23-15-8-6-5-7-9-15/h5-13H,4H2,1-3H3,(H,19,20)/t13-/m0/s1. The molecule has 0 aromatic heterocycles. The third-order valence-corrected chi connectivity index (χ3v) is 3.16. The molecule has 0 aliphatic rings. The molecule has 0 unspecified atom stereocenters. The number of methoxy groups -OCH3 is 1. The second-order valence-corrected chi connectivity index (χ2v) is 4.86. The summed E-state index contributed by atoms with van der Waals surface area (Å²) in [6, 6.07) is 14.5. The summed E-state index contributed by atoms with van der Waals surface area (Å²) in [5.74, 6) is 1.63. The van der Waals surface area contributed by atoms with Gasteiger partial charge in [0.15, 0.2) is 17.6 Å². The molecule has 0 spiro atoms.